The number of aliphatic hydroxyl groups excluding tert-OH is 1. The van der Waals surface area contributed by atoms with Crippen molar-refractivity contribution in [1.29, 1.82) is 0 Å². The maximum absolute atomic E-state index is 14.7. The first kappa shape index (κ1) is 34.7. The van der Waals surface area contributed by atoms with Gasteiger partial charge in [-0.1, -0.05) is 45.3 Å². The van der Waals surface area contributed by atoms with Gasteiger partial charge < -0.3 is 29.3 Å². The molecule has 1 N–H and O–H groups in total. The Kier molecular flexibility index (Phi) is 11.5. The molecule has 6 atom stereocenters. The lowest BCUT2D eigenvalue weighted by Crippen LogP contribution is -2.57. The molecule has 4 rings (SSSR count). The summed E-state index contributed by atoms with van der Waals surface area (Å²) in [4.78, 5) is 49.1. The lowest BCUT2D eigenvalue weighted by molar-refractivity contribution is -0.152. The van der Waals surface area contributed by atoms with E-state index in [1.165, 1.54) is 0 Å². The number of carbonyl (C=O) groups excluding carboxylic acids is 3. The van der Waals surface area contributed by atoms with E-state index in [2.05, 4.69) is 27.0 Å². The van der Waals surface area contributed by atoms with E-state index in [0.717, 1.165) is 25.7 Å². The molecule has 1 spiro atoms. The summed E-state index contributed by atoms with van der Waals surface area (Å²) in [6.07, 6.45) is 8.79. The smallest absolute Gasteiger partial charge is 0.248 e. The number of amides is 3. The first-order valence-electron chi connectivity index (χ1n) is 16.8. The van der Waals surface area contributed by atoms with Gasteiger partial charge in [0, 0.05) is 38.5 Å². The number of likely N-dealkylation sites (tertiary alicyclic amines) is 1. The number of unbranched alkanes of at least 4 members (excludes halogenated alkanes) is 4. The largest absolute Gasteiger partial charge is 0.494 e. The maximum Gasteiger partial charge on any atom is 0.248 e. The topological polar surface area (TPSA) is 99.6 Å². The van der Waals surface area contributed by atoms with E-state index < -0.39 is 29.1 Å². The van der Waals surface area contributed by atoms with Crippen LogP contribution in [0.2, 0.25) is 0 Å². The van der Waals surface area contributed by atoms with Gasteiger partial charge in [0.15, 0.2) is 0 Å². The Hall–Kier alpha value is -3.17. The lowest BCUT2D eigenvalue weighted by atomic mass is 9.62. The molecular weight excluding hydrogens is 570 g/mol. The minimum atomic E-state index is -1.10. The van der Waals surface area contributed by atoms with Crippen LogP contribution in [0.3, 0.4) is 0 Å². The molecule has 3 aliphatic heterocycles. The van der Waals surface area contributed by atoms with Crippen molar-refractivity contribution >= 4 is 23.4 Å². The highest BCUT2D eigenvalue weighted by Crippen LogP contribution is 2.65. The van der Waals surface area contributed by atoms with Crippen molar-refractivity contribution in [2.45, 2.75) is 89.9 Å². The van der Waals surface area contributed by atoms with Crippen molar-refractivity contribution < 1.29 is 29.0 Å². The monoisotopic (exact) mass is 623 g/mol. The normalized spacial score (nSPS) is 28.2. The standard InChI is InChI=1S/C36H53N3O6/c1-7-11-22-37(20-8-2)34(43)31-36-25-26(5)35(6,45-36)29(30(36)33(42)39(31)23-14-12-13-15-24-40)32(41)38(21-9-3)27-16-18-28(19-17-27)44-10-4/h8-9,16-19,26,29-31,40H,2-3,7,10-15,20-25H2,1,4-6H3/t26?,29-,30+,31?,35+,36?/m1/s1. The SMILES string of the molecule is C=CCN(CCCC)C(=O)C1N(CCCCCCO)C(=O)[C@@H]2[C@H](C(=O)N(CC=C)c3ccc(OCC)cc3)[C@@]3(C)OC12CC3C. The Bertz CT molecular complexity index is 1220. The van der Waals surface area contributed by atoms with Crippen LogP contribution in [0, 0.1) is 17.8 Å². The van der Waals surface area contributed by atoms with Gasteiger partial charge in [0.1, 0.15) is 17.4 Å². The summed E-state index contributed by atoms with van der Waals surface area (Å²) < 4.78 is 12.6. The number of carbonyl (C=O) groups is 3. The molecule has 9 heteroatoms. The van der Waals surface area contributed by atoms with E-state index in [0.29, 0.717) is 56.9 Å². The predicted octanol–water partition coefficient (Wildman–Crippen LogP) is 4.98. The van der Waals surface area contributed by atoms with E-state index in [9.17, 15) is 19.5 Å². The van der Waals surface area contributed by atoms with Gasteiger partial charge in [0.25, 0.3) is 0 Å². The molecule has 3 heterocycles. The summed E-state index contributed by atoms with van der Waals surface area (Å²) in [6, 6.07) is 6.56. The average molecular weight is 624 g/mol. The van der Waals surface area contributed by atoms with E-state index in [1.54, 1.807) is 26.9 Å². The minimum Gasteiger partial charge on any atom is -0.494 e. The van der Waals surface area contributed by atoms with Crippen molar-refractivity contribution in [2.24, 2.45) is 17.8 Å². The number of ether oxygens (including phenoxy) is 2. The van der Waals surface area contributed by atoms with Crippen molar-refractivity contribution in [1.82, 2.24) is 9.80 Å². The van der Waals surface area contributed by atoms with Gasteiger partial charge in [-0.05, 0) is 69.7 Å². The fourth-order valence-electron chi connectivity index (χ4n) is 7.86. The number of rotatable bonds is 18. The average Bonchev–Trinajstić information content (AvgIpc) is 3.54. The van der Waals surface area contributed by atoms with Crippen LogP contribution in [-0.2, 0) is 19.1 Å². The number of aliphatic hydroxyl groups is 1. The summed E-state index contributed by atoms with van der Waals surface area (Å²) >= 11 is 0. The zero-order valence-corrected chi connectivity index (χ0v) is 27.7. The highest BCUT2D eigenvalue weighted by atomic mass is 16.5. The quantitative estimate of drug-likeness (QED) is 0.183. The number of fused-ring (bicyclic) bond motifs is 1. The zero-order chi connectivity index (χ0) is 32.8. The minimum absolute atomic E-state index is 0.0512. The van der Waals surface area contributed by atoms with Crippen LogP contribution in [0.1, 0.15) is 72.6 Å². The van der Waals surface area contributed by atoms with E-state index >= 15 is 0 Å². The molecule has 3 aliphatic rings. The third-order valence-electron chi connectivity index (χ3n) is 10.1. The summed E-state index contributed by atoms with van der Waals surface area (Å²) in [5.74, 6) is -1.38. The molecule has 45 heavy (non-hydrogen) atoms. The first-order chi connectivity index (χ1) is 21.6. The Morgan fingerprint density at radius 1 is 1.07 bits per heavy atom. The Morgan fingerprint density at radius 3 is 2.38 bits per heavy atom. The first-order valence-corrected chi connectivity index (χ1v) is 16.8. The van der Waals surface area contributed by atoms with Gasteiger partial charge in [0.05, 0.1) is 24.0 Å². The third kappa shape index (κ3) is 6.43. The van der Waals surface area contributed by atoms with Crippen LogP contribution in [0.4, 0.5) is 5.69 Å². The van der Waals surface area contributed by atoms with Crippen molar-refractivity contribution in [3.8, 4) is 5.75 Å². The molecule has 0 aliphatic carbocycles. The molecule has 3 fully saturated rings. The molecule has 9 nitrogen and oxygen atoms in total. The fraction of sp³-hybridized carbons (Fsp3) is 0.639. The second-order valence-corrected chi connectivity index (χ2v) is 13.0. The van der Waals surface area contributed by atoms with Crippen LogP contribution in [0.25, 0.3) is 0 Å². The summed E-state index contributed by atoms with van der Waals surface area (Å²) in [6.45, 7) is 18.1. The van der Waals surface area contributed by atoms with Crippen LogP contribution < -0.4 is 9.64 Å². The third-order valence-corrected chi connectivity index (χ3v) is 10.1. The highest BCUT2D eigenvalue weighted by molar-refractivity contribution is 6.03. The molecule has 0 aromatic heterocycles. The van der Waals surface area contributed by atoms with E-state index in [1.807, 2.05) is 38.1 Å². The summed E-state index contributed by atoms with van der Waals surface area (Å²) in [7, 11) is 0. The van der Waals surface area contributed by atoms with E-state index in [4.69, 9.17) is 9.47 Å². The van der Waals surface area contributed by atoms with Gasteiger partial charge in [-0.2, -0.15) is 0 Å². The van der Waals surface area contributed by atoms with Crippen LogP contribution in [-0.4, -0.2) is 89.3 Å². The van der Waals surface area contributed by atoms with Crippen LogP contribution in [0.15, 0.2) is 49.6 Å². The fourth-order valence-corrected chi connectivity index (χ4v) is 7.86. The Balaban J connectivity index is 1.75. The second-order valence-electron chi connectivity index (χ2n) is 13.0. The van der Waals surface area contributed by atoms with Crippen molar-refractivity contribution in [3.63, 3.8) is 0 Å². The summed E-state index contributed by atoms with van der Waals surface area (Å²) in [5, 5.41) is 9.24. The second kappa shape index (κ2) is 14.9. The number of benzene rings is 1. The van der Waals surface area contributed by atoms with E-state index in [-0.39, 0.29) is 36.8 Å². The molecule has 2 bridgehead atoms. The number of hydrogen-bond acceptors (Lipinski definition) is 6. The van der Waals surface area contributed by atoms with Gasteiger partial charge in [-0.25, -0.2) is 0 Å². The summed E-state index contributed by atoms with van der Waals surface area (Å²) in [5.41, 5.74) is -1.33. The van der Waals surface area contributed by atoms with Gasteiger partial charge in [-0.15, -0.1) is 13.2 Å². The molecule has 1 aromatic rings. The highest BCUT2D eigenvalue weighted by Gasteiger charge is 2.80. The molecule has 0 saturated carbocycles. The predicted molar refractivity (Wildman–Crippen MR) is 176 cm³/mol. The van der Waals surface area contributed by atoms with Gasteiger partial charge >= 0.3 is 0 Å². The van der Waals surface area contributed by atoms with Gasteiger partial charge in [-0.3, -0.25) is 14.4 Å². The molecule has 3 amide bonds. The maximum atomic E-state index is 14.7. The van der Waals surface area contributed by atoms with Crippen LogP contribution >= 0.6 is 0 Å². The number of nitrogens with zero attached hydrogens (tertiary/aromatic N) is 3. The zero-order valence-electron chi connectivity index (χ0n) is 27.7. The van der Waals surface area contributed by atoms with Crippen molar-refractivity contribution in [2.75, 3.05) is 44.3 Å². The molecule has 1 aromatic carbocycles. The number of anilines is 1. The molecule has 3 saturated heterocycles. The van der Waals surface area contributed by atoms with Crippen LogP contribution in [0.5, 0.6) is 5.75 Å². The van der Waals surface area contributed by atoms with Gasteiger partial charge in [0.2, 0.25) is 17.7 Å². The van der Waals surface area contributed by atoms with Crippen molar-refractivity contribution in [3.05, 3.63) is 49.6 Å². The molecule has 3 unspecified atom stereocenters. The molecule has 248 valence electrons. The Labute approximate surface area is 269 Å². The molecular formula is C36H53N3O6. The lowest BCUT2D eigenvalue weighted by Gasteiger charge is -2.39. The molecule has 0 radical (unpaired) electrons. The Morgan fingerprint density at radius 2 is 1.76 bits per heavy atom. The number of hydrogen-bond donors (Lipinski definition) is 1.